The number of carboxylic acid groups (broad SMARTS) is 1. The molecular formula is C59H100O12. The third-order valence-corrected chi connectivity index (χ3v) is 12.6. The predicted molar refractivity (Wildman–Crippen MR) is 285 cm³/mol. The number of aliphatic carboxylic acids is 1. The second-order valence-electron chi connectivity index (χ2n) is 19.2. The zero-order valence-electron chi connectivity index (χ0n) is 44.7. The van der Waals surface area contributed by atoms with Crippen molar-refractivity contribution in [3.05, 3.63) is 60.8 Å². The van der Waals surface area contributed by atoms with Crippen LogP contribution in [0.5, 0.6) is 0 Å². The van der Waals surface area contributed by atoms with Crippen LogP contribution in [0.1, 0.15) is 239 Å². The number of allylic oxidation sites excluding steroid dienone is 9. The Morgan fingerprint density at radius 2 is 0.873 bits per heavy atom. The van der Waals surface area contributed by atoms with Gasteiger partial charge in [0.15, 0.2) is 24.6 Å². The van der Waals surface area contributed by atoms with Crippen LogP contribution in [0.3, 0.4) is 0 Å². The van der Waals surface area contributed by atoms with Gasteiger partial charge in [0.1, 0.15) is 18.8 Å². The molecule has 0 radical (unpaired) electrons. The summed E-state index contributed by atoms with van der Waals surface area (Å²) in [7, 11) is 0. The van der Waals surface area contributed by atoms with Gasteiger partial charge in [0.2, 0.25) is 0 Å². The van der Waals surface area contributed by atoms with E-state index in [0.29, 0.717) is 19.3 Å². The van der Waals surface area contributed by atoms with Crippen LogP contribution in [0.15, 0.2) is 60.8 Å². The van der Waals surface area contributed by atoms with Gasteiger partial charge in [-0.3, -0.25) is 14.4 Å². The minimum atomic E-state index is -1.91. The van der Waals surface area contributed by atoms with Crippen molar-refractivity contribution in [2.45, 2.75) is 276 Å². The van der Waals surface area contributed by atoms with E-state index in [2.05, 4.69) is 63.3 Å². The van der Waals surface area contributed by atoms with E-state index in [1.807, 2.05) is 12.2 Å². The number of esters is 3. The van der Waals surface area contributed by atoms with Gasteiger partial charge in [-0.15, -0.1) is 0 Å². The van der Waals surface area contributed by atoms with Crippen LogP contribution in [-0.4, -0.2) is 89.2 Å². The van der Waals surface area contributed by atoms with Crippen molar-refractivity contribution in [1.29, 1.82) is 0 Å². The molecule has 0 spiro atoms. The molecule has 0 aromatic rings. The number of hydrogen-bond donors (Lipinski definition) is 3. The summed E-state index contributed by atoms with van der Waals surface area (Å²) in [5, 5.41) is 31.4. The molecule has 12 heteroatoms. The largest absolute Gasteiger partial charge is 0.479 e. The van der Waals surface area contributed by atoms with Gasteiger partial charge in [0.25, 0.3) is 0 Å². The number of aliphatic hydroxyl groups excluding tert-OH is 2. The van der Waals surface area contributed by atoms with E-state index in [1.54, 1.807) is 6.08 Å². The highest BCUT2D eigenvalue weighted by Crippen LogP contribution is 2.26. The first-order chi connectivity index (χ1) is 34.6. The number of carbonyl (C=O) groups is 4. The summed E-state index contributed by atoms with van der Waals surface area (Å²) < 4.78 is 28.2. The van der Waals surface area contributed by atoms with Crippen molar-refractivity contribution >= 4 is 23.9 Å². The summed E-state index contributed by atoms with van der Waals surface area (Å²) in [4.78, 5) is 50.8. The quantitative estimate of drug-likeness (QED) is 0.0228. The molecule has 408 valence electrons. The average molecular weight is 1000 g/mol. The fourth-order valence-corrected chi connectivity index (χ4v) is 8.32. The number of carbonyl (C=O) groups excluding carboxylic acids is 3. The fourth-order valence-electron chi connectivity index (χ4n) is 8.32. The van der Waals surface area contributed by atoms with Crippen LogP contribution in [0.4, 0.5) is 0 Å². The van der Waals surface area contributed by atoms with Gasteiger partial charge in [-0.05, 0) is 44.9 Å². The first kappa shape index (κ1) is 65.4. The van der Waals surface area contributed by atoms with Gasteiger partial charge in [0, 0.05) is 12.8 Å². The zero-order chi connectivity index (χ0) is 51.8. The molecule has 1 aliphatic rings. The molecule has 0 amide bonds. The third kappa shape index (κ3) is 37.8. The van der Waals surface area contributed by atoms with Crippen molar-refractivity contribution in [3.8, 4) is 0 Å². The van der Waals surface area contributed by atoms with Gasteiger partial charge in [-0.1, -0.05) is 236 Å². The average Bonchev–Trinajstić information content (AvgIpc) is 3.35. The van der Waals surface area contributed by atoms with Crippen molar-refractivity contribution in [2.75, 3.05) is 13.2 Å². The first-order valence-electron chi connectivity index (χ1n) is 28.3. The highest BCUT2D eigenvalue weighted by molar-refractivity contribution is 5.74. The molecule has 0 aromatic heterocycles. The minimum Gasteiger partial charge on any atom is -0.479 e. The molecule has 3 N–H and O–H groups in total. The molecule has 1 saturated heterocycles. The SMILES string of the molecule is CC/C=C\C/C=C\C/C=C\C/C=C\C/C=C\CC(=O)OCC(COC1OC(C(=O)O)C(O)C(O)C1OC(=O)CCCCCCCCCCCCCCCCCCC)OC(=O)CCCCCCCCCCC. The van der Waals surface area contributed by atoms with E-state index < -0.39 is 67.3 Å². The van der Waals surface area contributed by atoms with Crippen LogP contribution < -0.4 is 0 Å². The Kier molecular flexibility index (Phi) is 43.7. The van der Waals surface area contributed by atoms with Crippen LogP contribution in [0.25, 0.3) is 0 Å². The maximum Gasteiger partial charge on any atom is 0.335 e. The highest BCUT2D eigenvalue weighted by atomic mass is 16.7. The van der Waals surface area contributed by atoms with E-state index >= 15 is 0 Å². The zero-order valence-corrected chi connectivity index (χ0v) is 44.7. The summed E-state index contributed by atoms with van der Waals surface area (Å²) in [5.41, 5.74) is 0. The number of ether oxygens (including phenoxy) is 5. The number of aliphatic hydroxyl groups is 2. The van der Waals surface area contributed by atoms with Gasteiger partial charge < -0.3 is 39.0 Å². The molecule has 12 nitrogen and oxygen atoms in total. The summed E-state index contributed by atoms with van der Waals surface area (Å²) in [5.74, 6) is -3.27. The van der Waals surface area contributed by atoms with E-state index in [-0.39, 0.29) is 25.9 Å². The van der Waals surface area contributed by atoms with Crippen molar-refractivity contribution in [3.63, 3.8) is 0 Å². The minimum absolute atomic E-state index is 0.0128. The molecular weight excluding hydrogens is 901 g/mol. The van der Waals surface area contributed by atoms with Crippen molar-refractivity contribution in [2.24, 2.45) is 0 Å². The molecule has 71 heavy (non-hydrogen) atoms. The molecule has 0 aromatic carbocycles. The van der Waals surface area contributed by atoms with Crippen molar-refractivity contribution < 1.29 is 58.2 Å². The Morgan fingerprint density at radius 1 is 0.479 bits per heavy atom. The van der Waals surface area contributed by atoms with E-state index in [0.717, 1.165) is 70.6 Å². The van der Waals surface area contributed by atoms with Crippen LogP contribution in [0, 0.1) is 0 Å². The number of carboxylic acids is 1. The molecule has 1 aliphatic heterocycles. The Balaban J connectivity index is 2.70. The summed E-state index contributed by atoms with van der Waals surface area (Å²) in [6, 6.07) is 0. The lowest BCUT2D eigenvalue weighted by atomic mass is 9.98. The highest BCUT2D eigenvalue weighted by Gasteiger charge is 2.50. The Morgan fingerprint density at radius 3 is 1.30 bits per heavy atom. The number of unbranched alkanes of at least 4 members (excludes halogenated alkanes) is 24. The maximum atomic E-state index is 13.0. The molecule has 0 saturated carbocycles. The molecule has 6 unspecified atom stereocenters. The molecule has 6 atom stereocenters. The van der Waals surface area contributed by atoms with Crippen LogP contribution >= 0.6 is 0 Å². The number of hydrogen-bond acceptors (Lipinski definition) is 11. The van der Waals surface area contributed by atoms with Gasteiger partial charge in [-0.2, -0.15) is 0 Å². The molecule has 1 fully saturated rings. The van der Waals surface area contributed by atoms with E-state index in [9.17, 15) is 34.5 Å². The summed E-state index contributed by atoms with van der Waals surface area (Å²) in [6.45, 7) is 5.76. The monoisotopic (exact) mass is 1000 g/mol. The Labute approximate surface area is 430 Å². The topological polar surface area (TPSA) is 175 Å². The second-order valence-corrected chi connectivity index (χ2v) is 19.2. The first-order valence-corrected chi connectivity index (χ1v) is 28.3. The van der Waals surface area contributed by atoms with Crippen LogP contribution in [0.2, 0.25) is 0 Å². The maximum absolute atomic E-state index is 13.0. The lowest BCUT2D eigenvalue weighted by Gasteiger charge is -2.40. The van der Waals surface area contributed by atoms with E-state index in [4.69, 9.17) is 23.7 Å². The lowest BCUT2D eigenvalue weighted by molar-refractivity contribution is -0.301. The standard InChI is InChI=1S/C59H100O12/c1-4-7-10-13-16-19-21-23-25-26-28-30-32-35-38-41-44-47-53(62)70-57-55(64)54(63)56(58(65)66)71-59(57)68-49-50(69-52(61)46-43-40-37-33-18-15-12-9-6-3)48-67-51(60)45-42-39-36-34-31-29-27-24-22-20-17-14-11-8-5-2/h8,11,17,20,24,27,31,34,39,42,50,54-57,59,63-64H,4-7,9-10,12-16,18-19,21-23,25-26,28-30,32-33,35-38,40-41,43-49H2,1-3H3,(H,65,66)/b11-8-,20-17-,27-24-,34-31-,42-39-. The Hall–Kier alpha value is -3.58. The summed E-state index contributed by atoms with van der Waals surface area (Å²) >= 11 is 0. The van der Waals surface area contributed by atoms with Crippen molar-refractivity contribution in [1.82, 2.24) is 0 Å². The third-order valence-electron chi connectivity index (χ3n) is 12.6. The van der Waals surface area contributed by atoms with E-state index in [1.165, 1.54) is 109 Å². The smallest absolute Gasteiger partial charge is 0.335 e. The van der Waals surface area contributed by atoms with Gasteiger partial charge in [-0.25, -0.2) is 4.79 Å². The number of rotatable bonds is 47. The fraction of sp³-hybridized carbons (Fsp3) is 0.763. The molecule has 1 rings (SSSR count). The molecule has 0 bridgehead atoms. The van der Waals surface area contributed by atoms with Crippen LogP contribution in [-0.2, 0) is 42.9 Å². The van der Waals surface area contributed by atoms with Gasteiger partial charge in [0.05, 0.1) is 13.0 Å². The normalized spacial score (nSPS) is 18.9. The molecule has 0 aliphatic carbocycles. The van der Waals surface area contributed by atoms with Gasteiger partial charge >= 0.3 is 23.9 Å². The Bertz CT molecular complexity index is 1470. The lowest BCUT2D eigenvalue weighted by Crippen LogP contribution is -2.61. The second kappa shape index (κ2) is 47.4. The summed E-state index contributed by atoms with van der Waals surface area (Å²) in [6.07, 6.45) is 45.3. The molecule has 1 heterocycles. The predicted octanol–water partition coefficient (Wildman–Crippen LogP) is 14.0.